The van der Waals surface area contributed by atoms with Crippen LogP contribution in [0.4, 0.5) is 0 Å². The summed E-state index contributed by atoms with van der Waals surface area (Å²) in [6.45, 7) is 3.98. The van der Waals surface area contributed by atoms with E-state index >= 15 is 0 Å². The molecule has 1 aromatic carbocycles. The maximum atomic E-state index is 11.7. The molecule has 17 heavy (non-hydrogen) atoms. The Morgan fingerprint density at radius 1 is 1.53 bits per heavy atom. The number of hydrogen-bond donors (Lipinski definition) is 1. The third-order valence-corrected chi connectivity index (χ3v) is 2.73. The molecule has 5 heteroatoms. The van der Waals surface area contributed by atoms with E-state index < -0.39 is 5.91 Å². The normalized spacial score (nSPS) is 10.8. The zero-order chi connectivity index (χ0) is 12.4. The third kappa shape index (κ3) is 2.14. The second-order valence-electron chi connectivity index (χ2n) is 3.54. The summed E-state index contributed by atoms with van der Waals surface area (Å²) in [5.74, 6) is -0.182. The van der Waals surface area contributed by atoms with E-state index in [2.05, 4.69) is 5.48 Å². The predicted octanol–water partition coefficient (Wildman–Crippen LogP) is 3.08. The third-order valence-electron chi connectivity index (χ3n) is 2.43. The molecule has 0 aliphatic heterocycles. The van der Waals surface area contributed by atoms with Crippen LogP contribution in [0.5, 0.6) is 0 Å². The Balaban J connectivity index is 2.45. The first-order valence-electron chi connectivity index (χ1n) is 5.25. The minimum absolute atomic E-state index is 0.224. The van der Waals surface area contributed by atoms with Crippen molar-refractivity contribution in [1.82, 2.24) is 5.48 Å². The number of fused-ring (bicyclic) bond motifs is 1. The number of halogens is 1. The molecule has 90 valence electrons. The fourth-order valence-electron chi connectivity index (χ4n) is 1.61. The summed E-state index contributed by atoms with van der Waals surface area (Å²) in [5, 5.41) is 1.32. The van der Waals surface area contributed by atoms with E-state index in [0.717, 1.165) is 10.9 Å². The van der Waals surface area contributed by atoms with Crippen LogP contribution in [0.3, 0.4) is 0 Å². The van der Waals surface area contributed by atoms with Gasteiger partial charge in [0.1, 0.15) is 0 Å². The molecule has 1 heterocycles. The maximum Gasteiger partial charge on any atom is 0.310 e. The zero-order valence-corrected chi connectivity index (χ0v) is 10.3. The molecular formula is C12H12ClNO3. The minimum atomic E-state index is -0.406. The average molecular weight is 254 g/mol. The second-order valence-corrected chi connectivity index (χ2v) is 3.94. The van der Waals surface area contributed by atoms with E-state index in [4.69, 9.17) is 20.9 Å². The van der Waals surface area contributed by atoms with Crippen molar-refractivity contribution in [3.63, 3.8) is 0 Å². The van der Waals surface area contributed by atoms with Gasteiger partial charge in [-0.3, -0.25) is 9.63 Å². The number of aryl methyl sites for hydroxylation is 1. The van der Waals surface area contributed by atoms with Crippen molar-refractivity contribution in [2.75, 3.05) is 6.61 Å². The molecular weight excluding hydrogens is 242 g/mol. The minimum Gasteiger partial charge on any atom is -0.449 e. The lowest BCUT2D eigenvalue weighted by Gasteiger charge is -2.00. The zero-order valence-electron chi connectivity index (χ0n) is 9.54. The van der Waals surface area contributed by atoms with Gasteiger partial charge in [-0.05, 0) is 19.9 Å². The molecule has 0 spiro atoms. The molecule has 1 N–H and O–H groups in total. The lowest BCUT2D eigenvalue weighted by molar-refractivity contribution is 0.0341. The topological polar surface area (TPSA) is 51.5 Å². The Morgan fingerprint density at radius 2 is 2.29 bits per heavy atom. The molecule has 0 unspecified atom stereocenters. The molecule has 0 radical (unpaired) electrons. The Bertz CT molecular complexity index is 562. The Kier molecular flexibility index (Phi) is 3.36. The number of para-hydroxylation sites is 1. The maximum absolute atomic E-state index is 11.7. The molecule has 0 fully saturated rings. The summed E-state index contributed by atoms with van der Waals surface area (Å²) in [5.41, 5.74) is 3.57. The molecule has 2 rings (SSSR count). The highest BCUT2D eigenvalue weighted by Gasteiger charge is 2.18. The fourth-order valence-corrected chi connectivity index (χ4v) is 1.82. The highest BCUT2D eigenvalue weighted by molar-refractivity contribution is 6.35. The summed E-state index contributed by atoms with van der Waals surface area (Å²) in [7, 11) is 0. The lowest BCUT2D eigenvalue weighted by Crippen LogP contribution is -2.23. The van der Waals surface area contributed by atoms with Crippen LogP contribution in [0.25, 0.3) is 11.0 Å². The predicted molar refractivity (Wildman–Crippen MR) is 65.1 cm³/mol. The summed E-state index contributed by atoms with van der Waals surface area (Å²) in [6, 6.07) is 5.39. The van der Waals surface area contributed by atoms with Gasteiger partial charge < -0.3 is 4.42 Å². The van der Waals surface area contributed by atoms with Crippen LogP contribution in [0.2, 0.25) is 5.02 Å². The first-order valence-corrected chi connectivity index (χ1v) is 5.62. The highest BCUT2D eigenvalue weighted by Crippen LogP contribution is 2.30. The summed E-state index contributed by atoms with van der Waals surface area (Å²) >= 11 is 5.99. The number of carbonyl (C=O) groups excluding carboxylic acids is 1. The van der Waals surface area contributed by atoms with Gasteiger partial charge in [-0.2, -0.15) is 0 Å². The van der Waals surface area contributed by atoms with Gasteiger partial charge in [0.25, 0.3) is 0 Å². The van der Waals surface area contributed by atoms with E-state index in [0.29, 0.717) is 17.2 Å². The number of hydroxylamine groups is 1. The number of carbonyl (C=O) groups is 1. The molecule has 2 aromatic rings. The van der Waals surface area contributed by atoms with Crippen molar-refractivity contribution >= 4 is 28.5 Å². The monoisotopic (exact) mass is 253 g/mol. The quantitative estimate of drug-likeness (QED) is 0.856. The molecule has 0 saturated heterocycles. The van der Waals surface area contributed by atoms with Gasteiger partial charge in [0.2, 0.25) is 0 Å². The van der Waals surface area contributed by atoms with Crippen molar-refractivity contribution in [3.8, 4) is 0 Å². The van der Waals surface area contributed by atoms with E-state index in [1.54, 1.807) is 13.0 Å². The van der Waals surface area contributed by atoms with E-state index in [-0.39, 0.29) is 5.76 Å². The van der Waals surface area contributed by atoms with Gasteiger partial charge in [-0.1, -0.05) is 23.7 Å². The molecule has 0 aliphatic rings. The Labute approximate surface area is 103 Å². The van der Waals surface area contributed by atoms with Crippen LogP contribution < -0.4 is 5.48 Å². The second kappa shape index (κ2) is 4.77. The molecule has 4 nitrogen and oxygen atoms in total. The summed E-state index contributed by atoms with van der Waals surface area (Å²) < 4.78 is 5.46. The number of benzene rings is 1. The summed E-state index contributed by atoms with van der Waals surface area (Å²) in [4.78, 5) is 16.6. The van der Waals surface area contributed by atoms with Crippen LogP contribution in [-0.2, 0) is 4.84 Å². The molecule has 0 aliphatic carbocycles. The fraction of sp³-hybridized carbons (Fsp3) is 0.250. The lowest BCUT2D eigenvalue weighted by atomic mass is 10.1. The van der Waals surface area contributed by atoms with E-state index in [1.807, 2.05) is 19.1 Å². The van der Waals surface area contributed by atoms with Gasteiger partial charge in [0.05, 0.1) is 11.6 Å². The van der Waals surface area contributed by atoms with Gasteiger partial charge in [-0.15, -0.1) is 0 Å². The molecule has 0 saturated carbocycles. The van der Waals surface area contributed by atoms with E-state index in [1.165, 1.54) is 0 Å². The van der Waals surface area contributed by atoms with Gasteiger partial charge in [0.15, 0.2) is 11.3 Å². The highest BCUT2D eigenvalue weighted by atomic mass is 35.5. The standard InChI is InChI=1S/C12H12ClNO3/c1-3-16-14-12(15)10-7(2)8-5-4-6-9(13)11(8)17-10/h4-6H,3H2,1-2H3,(H,14,15). The molecule has 0 atom stereocenters. The first kappa shape index (κ1) is 12.0. The van der Waals surface area contributed by atoms with Crippen molar-refractivity contribution in [2.24, 2.45) is 0 Å². The number of furan rings is 1. The number of amides is 1. The molecule has 1 amide bonds. The van der Waals surface area contributed by atoms with Crippen molar-refractivity contribution < 1.29 is 14.0 Å². The van der Waals surface area contributed by atoms with Gasteiger partial charge >= 0.3 is 5.91 Å². The molecule has 0 bridgehead atoms. The molecule has 1 aromatic heterocycles. The number of rotatable bonds is 3. The van der Waals surface area contributed by atoms with Crippen LogP contribution in [0, 0.1) is 6.92 Å². The smallest absolute Gasteiger partial charge is 0.310 e. The Morgan fingerprint density at radius 3 is 2.94 bits per heavy atom. The van der Waals surface area contributed by atoms with Crippen LogP contribution >= 0.6 is 11.6 Å². The number of hydrogen-bond acceptors (Lipinski definition) is 3. The number of nitrogens with one attached hydrogen (secondary N) is 1. The van der Waals surface area contributed by atoms with Gasteiger partial charge in [-0.25, -0.2) is 5.48 Å². The summed E-state index contributed by atoms with van der Waals surface area (Å²) in [6.07, 6.45) is 0. The first-order chi connectivity index (χ1) is 8.15. The van der Waals surface area contributed by atoms with E-state index in [9.17, 15) is 4.79 Å². The van der Waals surface area contributed by atoms with Crippen molar-refractivity contribution in [2.45, 2.75) is 13.8 Å². The Hall–Kier alpha value is -1.52. The largest absolute Gasteiger partial charge is 0.449 e. The SMILES string of the molecule is CCONC(=O)c1oc2c(Cl)cccc2c1C. The van der Waals surface area contributed by atoms with Gasteiger partial charge in [0, 0.05) is 10.9 Å². The van der Waals surface area contributed by atoms with Crippen LogP contribution in [0.15, 0.2) is 22.6 Å². The van der Waals surface area contributed by atoms with Crippen LogP contribution in [0.1, 0.15) is 23.0 Å². The van der Waals surface area contributed by atoms with Crippen molar-refractivity contribution in [3.05, 3.63) is 34.5 Å². The van der Waals surface area contributed by atoms with Crippen molar-refractivity contribution in [1.29, 1.82) is 0 Å². The van der Waals surface area contributed by atoms with Crippen LogP contribution in [-0.4, -0.2) is 12.5 Å². The average Bonchev–Trinajstić information content (AvgIpc) is 2.66.